The number of amides is 1. The van der Waals surface area contributed by atoms with Gasteiger partial charge in [0.1, 0.15) is 0 Å². The number of ether oxygens (including phenoxy) is 1. The Morgan fingerprint density at radius 3 is 2.42 bits per heavy atom. The molecule has 2 rings (SSSR count). The van der Waals surface area contributed by atoms with Gasteiger partial charge in [-0.05, 0) is 25.9 Å². The van der Waals surface area contributed by atoms with Gasteiger partial charge in [0.05, 0.1) is 12.0 Å². The molecule has 5 heteroatoms. The highest BCUT2D eigenvalue weighted by molar-refractivity contribution is 8.00. The Hall–Kier alpha value is -0.260. The van der Waals surface area contributed by atoms with E-state index in [9.17, 15) is 4.79 Å². The van der Waals surface area contributed by atoms with E-state index in [1.165, 1.54) is 0 Å². The van der Waals surface area contributed by atoms with Gasteiger partial charge < -0.3 is 15.0 Å². The van der Waals surface area contributed by atoms with Crippen molar-refractivity contribution >= 4 is 17.7 Å². The normalized spacial score (nSPS) is 31.2. The summed E-state index contributed by atoms with van der Waals surface area (Å²) in [5, 5.41) is 4.42. The van der Waals surface area contributed by atoms with Crippen molar-refractivity contribution in [3.8, 4) is 0 Å². The standard InChI is InChI=1S/C14H26N2O2S/c1-11-8-16(9-12(2)19-11)13(17)14(10-18-3)4-6-15-7-5-14/h11-12,15H,4-10H2,1-3H3. The highest BCUT2D eigenvalue weighted by Crippen LogP contribution is 2.34. The van der Waals surface area contributed by atoms with Crippen molar-refractivity contribution in [1.29, 1.82) is 0 Å². The topological polar surface area (TPSA) is 41.6 Å². The maximum atomic E-state index is 13.0. The van der Waals surface area contributed by atoms with Crippen molar-refractivity contribution < 1.29 is 9.53 Å². The van der Waals surface area contributed by atoms with Gasteiger partial charge in [-0.1, -0.05) is 13.8 Å². The first-order valence-corrected chi connectivity index (χ1v) is 8.16. The average Bonchev–Trinajstić information content (AvgIpc) is 2.38. The summed E-state index contributed by atoms with van der Waals surface area (Å²) in [5.74, 6) is 0.315. The number of hydrogen-bond acceptors (Lipinski definition) is 4. The number of rotatable bonds is 3. The zero-order chi connectivity index (χ0) is 13.9. The van der Waals surface area contributed by atoms with Crippen LogP contribution in [0.4, 0.5) is 0 Å². The monoisotopic (exact) mass is 286 g/mol. The Balaban J connectivity index is 2.10. The van der Waals surface area contributed by atoms with E-state index in [-0.39, 0.29) is 5.41 Å². The Kier molecular flexibility index (Phi) is 5.15. The van der Waals surface area contributed by atoms with Crippen molar-refractivity contribution in [3.05, 3.63) is 0 Å². The van der Waals surface area contributed by atoms with Gasteiger partial charge in [0.2, 0.25) is 5.91 Å². The summed E-state index contributed by atoms with van der Waals surface area (Å²) in [6.07, 6.45) is 1.79. The zero-order valence-electron chi connectivity index (χ0n) is 12.3. The van der Waals surface area contributed by atoms with Crippen LogP contribution in [0.15, 0.2) is 0 Å². The third-order valence-electron chi connectivity index (χ3n) is 4.14. The number of thioether (sulfide) groups is 1. The molecule has 2 heterocycles. The van der Waals surface area contributed by atoms with Gasteiger partial charge in [-0.15, -0.1) is 0 Å². The highest BCUT2D eigenvalue weighted by Gasteiger charge is 2.43. The largest absolute Gasteiger partial charge is 0.384 e. The van der Waals surface area contributed by atoms with Crippen LogP contribution < -0.4 is 5.32 Å². The van der Waals surface area contributed by atoms with Gasteiger partial charge in [0.25, 0.3) is 0 Å². The smallest absolute Gasteiger partial charge is 0.231 e. The first-order chi connectivity index (χ1) is 9.07. The van der Waals surface area contributed by atoms with E-state index in [1.54, 1.807) is 7.11 Å². The first-order valence-electron chi connectivity index (χ1n) is 7.22. The molecule has 4 nitrogen and oxygen atoms in total. The molecule has 0 aromatic rings. The van der Waals surface area contributed by atoms with Crippen LogP contribution in [-0.4, -0.2) is 61.2 Å². The molecule has 2 aliphatic rings. The van der Waals surface area contributed by atoms with Gasteiger partial charge in [0, 0.05) is 30.7 Å². The summed E-state index contributed by atoms with van der Waals surface area (Å²) in [4.78, 5) is 15.0. The Morgan fingerprint density at radius 2 is 1.89 bits per heavy atom. The minimum Gasteiger partial charge on any atom is -0.384 e. The van der Waals surface area contributed by atoms with Crippen LogP contribution >= 0.6 is 11.8 Å². The van der Waals surface area contributed by atoms with Gasteiger partial charge in [-0.2, -0.15) is 11.8 Å². The molecule has 0 aromatic carbocycles. The lowest BCUT2D eigenvalue weighted by Crippen LogP contribution is -2.55. The SMILES string of the molecule is COCC1(C(=O)N2CC(C)SC(C)C2)CCNCC1. The molecule has 0 saturated carbocycles. The fourth-order valence-electron chi connectivity index (χ4n) is 3.28. The summed E-state index contributed by atoms with van der Waals surface area (Å²) in [6.45, 7) is 8.59. The van der Waals surface area contributed by atoms with E-state index in [0.717, 1.165) is 39.0 Å². The van der Waals surface area contributed by atoms with E-state index >= 15 is 0 Å². The van der Waals surface area contributed by atoms with Crippen LogP contribution in [0.1, 0.15) is 26.7 Å². The predicted octanol–water partition coefficient (Wildman–Crippen LogP) is 1.36. The van der Waals surface area contributed by atoms with E-state index < -0.39 is 0 Å². The molecule has 1 N–H and O–H groups in total. The lowest BCUT2D eigenvalue weighted by molar-refractivity contribution is -0.147. The third-order valence-corrected chi connectivity index (χ3v) is 5.37. The summed E-state index contributed by atoms with van der Waals surface area (Å²) < 4.78 is 5.37. The number of carbonyl (C=O) groups excluding carboxylic acids is 1. The van der Waals surface area contributed by atoms with E-state index in [2.05, 4.69) is 24.1 Å². The van der Waals surface area contributed by atoms with Crippen LogP contribution in [-0.2, 0) is 9.53 Å². The maximum absolute atomic E-state index is 13.0. The van der Waals surface area contributed by atoms with Crippen LogP contribution in [0, 0.1) is 5.41 Å². The first kappa shape index (κ1) is 15.1. The average molecular weight is 286 g/mol. The summed E-state index contributed by atoms with van der Waals surface area (Å²) in [5.41, 5.74) is -0.290. The lowest BCUT2D eigenvalue weighted by Gasteiger charge is -2.43. The number of carbonyl (C=O) groups is 1. The molecular weight excluding hydrogens is 260 g/mol. The number of methoxy groups -OCH3 is 1. The molecule has 19 heavy (non-hydrogen) atoms. The van der Waals surface area contributed by atoms with Crippen LogP contribution in [0.3, 0.4) is 0 Å². The molecule has 0 aliphatic carbocycles. The van der Waals surface area contributed by atoms with Crippen molar-refractivity contribution in [2.45, 2.75) is 37.2 Å². The summed E-state index contributed by atoms with van der Waals surface area (Å²) in [6, 6.07) is 0. The number of nitrogens with one attached hydrogen (secondary N) is 1. The fraction of sp³-hybridized carbons (Fsp3) is 0.929. The second kappa shape index (κ2) is 6.46. The van der Waals surface area contributed by atoms with E-state index in [1.807, 2.05) is 11.8 Å². The van der Waals surface area contributed by atoms with Crippen molar-refractivity contribution in [2.24, 2.45) is 5.41 Å². The predicted molar refractivity (Wildman–Crippen MR) is 79.5 cm³/mol. The number of piperidine rings is 1. The minimum absolute atomic E-state index is 0.290. The van der Waals surface area contributed by atoms with Crippen molar-refractivity contribution in [1.82, 2.24) is 10.2 Å². The molecule has 2 unspecified atom stereocenters. The molecule has 2 atom stereocenters. The Bertz CT molecular complexity index is 303. The molecule has 2 saturated heterocycles. The van der Waals surface area contributed by atoms with E-state index in [0.29, 0.717) is 23.0 Å². The summed E-state index contributed by atoms with van der Waals surface area (Å²) in [7, 11) is 1.70. The zero-order valence-corrected chi connectivity index (χ0v) is 13.1. The van der Waals surface area contributed by atoms with Crippen LogP contribution in [0.25, 0.3) is 0 Å². The molecule has 0 aromatic heterocycles. The molecule has 1 amide bonds. The van der Waals surface area contributed by atoms with Crippen molar-refractivity contribution in [2.75, 3.05) is 39.9 Å². The second-order valence-corrected chi connectivity index (χ2v) is 7.81. The van der Waals surface area contributed by atoms with Crippen LogP contribution in [0.5, 0.6) is 0 Å². The van der Waals surface area contributed by atoms with Crippen LogP contribution in [0.2, 0.25) is 0 Å². The van der Waals surface area contributed by atoms with E-state index in [4.69, 9.17) is 4.74 Å². The quantitative estimate of drug-likeness (QED) is 0.850. The van der Waals surface area contributed by atoms with Gasteiger partial charge in [-0.3, -0.25) is 4.79 Å². The molecule has 110 valence electrons. The van der Waals surface area contributed by atoms with Gasteiger partial charge >= 0.3 is 0 Å². The van der Waals surface area contributed by atoms with Gasteiger partial charge in [0.15, 0.2) is 0 Å². The summed E-state index contributed by atoms with van der Waals surface area (Å²) >= 11 is 1.98. The number of hydrogen-bond donors (Lipinski definition) is 1. The minimum atomic E-state index is -0.290. The highest BCUT2D eigenvalue weighted by atomic mass is 32.2. The lowest BCUT2D eigenvalue weighted by atomic mass is 9.78. The number of nitrogens with zero attached hydrogens (tertiary/aromatic N) is 1. The Morgan fingerprint density at radius 1 is 1.32 bits per heavy atom. The maximum Gasteiger partial charge on any atom is 0.231 e. The molecular formula is C14H26N2O2S. The van der Waals surface area contributed by atoms with Gasteiger partial charge in [-0.25, -0.2) is 0 Å². The molecule has 2 aliphatic heterocycles. The van der Waals surface area contributed by atoms with Crippen molar-refractivity contribution in [3.63, 3.8) is 0 Å². The fourth-order valence-corrected chi connectivity index (χ4v) is 4.61. The molecule has 2 fully saturated rings. The molecule has 0 radical (unpaired) electrons. The Labute approximate surface area is 120 Å². The second-order valence-electron chi connectivity index (χ2n) is 5.93. The molecule has 0 bridgehead atoms. The molecule has 0 spiro atoms. The third kappa shape index (κ3) is 3.44.